The molecule has 0 radical (unpaired) electrons. The van der Waals surface area contributed by atoms with Crippen molar-refractivity contribution in [1.29, 1.82) is 0 Å². The summed E-state index contributed by atoms with van der Waals surface area (Å²) in [4.78, 5) is 6.72. The van der Waals surface area contributed by atoms with Crippen molar-refractivity contribution >= 4 is 11.8 Å². The van der Waals surface area contributed by atoms with Crippen molar-refractivity contribution in [2.45, 2.75) is 43.4 Å². The van der Waals surface area contributed by atoms with Gasteiger partial charge in [-0.2, -0.15) is 0 Å². The van der Waals surface area contributed by atoms with E-state index in [1.165, 1.54) is 32.2 Å². The number of thioether (sulfide) groups is 1. The molecule has 1 unspecified atom stereocenters. The summed E-state index contributed by atoms with van der Waals surface area (Å²) in [6.45, 7) is 1.84. The summed E-state index contributed by atoms with van der Waals surface area (Å²) < 4.78 is 7.69. The molecule has 0 aromatic carbocycles. The van der Waals surface area contributed by atoms with E-state index in [-0.39, 0.29) is 0 Å². The van der Waals surface area contributed by atoms with Gasteiger partial charge in [0.05, 0.1) is 12.8 Å². The molecular formula is C20H25N5OS. The molecule has 1 aliphatic rings. The van der Waals surface area contributed by atoms with Crippen LogP contribution < -0.4 is 0 Å². The Kier molecular flexibility index (Phi) is 5.89. The topological polar surface area (TPSA) is 60.0 Å². The van der Waals surface area contributed by atoms with E-state index >= 15 is 0 Å². The van der Waals surface area contributed by atoms with Crippen molar-refractivity contribution < 1.29 is 4.42 Å². The molecule has 27 heavy (non-hydrogen) atoms. The van der Waals surface area contributed by atoms with Crippen LogP contribution in [0.3, 0.4) is 0 Å². The van der Waals surface area contributed by atoms with E-state index in [0.717, 1.165) is 28.1 Å². The van der Waals surface area contributed by atoms with Gasteiger partial charge in [-0.15, -0.1) is 10.2 Å². The Morgan fingerprint density at radius 2 is 2.19 bits per heavy atom. The molecule has 142 valence electrons. The van der Waals surface area contributed by atoms with Gasteiger partial charge in [-0.05, 0) is 57.1 Å². The van der Waals surface area contributed by atoms with E-state index in [4.69, 9.17) is 4.42 Å². The largest absolute Gasteiger partial charge is 0.467 e. The van der Waals surface area contributed by atoms with Crippen molar-refractivity contribution in [3.63, 3.8) is 0 Å². The first kappa shape index (κ1) is 18.3. The quantitative estimate of drug-likeness (QED) is 0.576. The highest BCUT2D eigenvalue weighted by atomic mass is 32.2. The maximum absolute atomic E-state index is 5.56. The van der Waals surface area contributed by atoms with E-state index in [0.29, 0.717) is 12.6 Å². The minimum Gasteiger partial charge on any atom is -0.467 e. The number of likely N-dealkylation sites (tertiary alicyclic amines) is 1. The third-order valence-electron chi connectivity index (χ3n) is 5.13. The summed E-state index contributed by atoms with van der Waals surface area (Å²) in [6, 6.07) is 8.52. The number of pyridine rings is 1. The zero-order valence-corrected chi connectivity index (χ0v) is 16.4. The van der Waals surface area contributed by atoms with E-state index in [1.807, 2.05) is 30.5 Å². The third-order valence-corrected chi connectivity index (χ3v) is 6.13. The SMILES string of the molecule is CN1CCCCC1CCSc1nnc(-c2cccnc2)n1Cc1ccco1. The van der Waals surface area contributed by atoms with Crippen LogP contribution in [0, 0.1) is 0 Å². The molecule has 1 atom stereocenters. The zero-order chi connectivity index (χ0) is 18.5. The van der Waals surface area contributed by atoms with Crippen LogP contribution >= 0.6 is 11.8 Å². The van der Waals surface area contributed by atoms with E-state index < -0.39 is 0 Å². The van der Waals surface area contributed by atoms with E-state index in [1.54, 1.807) is 24.2 Å². The molecule has 7 heteroatoms. The van der Waals surface area contributed by atoms with Crippen LogP contribution in [0.5, 0.6) is 0 Å². The smallest absolute Gasteiger partial charge is 0.191 e. The van der Waals surface area contributed by atoms with Crippen LogP contribution in [-0.4, -0.2) is 50.0 Å². The van der Waals surface area contributed by atoms with Crippen molar-refractivity contribution in [3.05, 3.63) is 48.7 Å². The summed E-state index contributed by atoms with van der Waals surface area (Å²) in [7, 11) is 2.24. The lowest BCUT2D eigenvalue weighted by molar-refractivity contribution is 0.182. The molecule has 1 fully saturated rings. The molecule has 3 aromatic heterocycles. The number of nitrogens with zero attached hydrogens (tertiary/aromatic N) is 5. The summed E-state index contributed by atoms with van der Waals surface area (Å²) in [5, 5.41) is 9.85. The Labute approximate surface area is 164 Å². The summed E-state index contributed by atoms with van der Waals surface area (Å²) in [6.07, 6.45) is 10.5. The molecule has 4 heterocycles. The highest BCUT2D eigenvalue weighted by Crippen LogP contribution is 2.27. The van der Waals surface area contributed by atoms with Crippen molar-refractivity contribution in [2.75, 3.05) is 19.3 Å². The van der Waals surface area contributed by atoms with Crippen LogP contribution in [0.25, 0.3) is 11.4 Å². The zero-order valence-electron chi connectivity index (χ0n) is 15.6. The molecule has 4 rings (SSSR count). The van der Waals surface area contributed by atoms with Gasteiger partial charge in [-0.3, -0.25) is 9.55 Å². The minimum absolute atomic E-state index is 0.621. The second-order valence-corrected chi connectivity index (χ2v) is 8.04. The lowest BCUT2D eigenvalue weighted by Gasteiger charge is -2.32. The molecule has 0 saturated carbocycles. The maximum atomic E-state index is 5.56. The number of furan rings is 1. The highest BCUT2D eigenvalue weighted by Gasteiger charge is 2.20. The normalized spacial score (nSPS) is 18.0. The standard InChI is InChI=1S/C20H25N5OS/c1-24-11-3-2-7-17(24)9-13-27-20-23-22-19(16-6-4-10-21-14-16)25(20)15-18-8-5-12-26-18/h4-6,8,10,12,14,17H,2-3,7,9,11,13,15H2,1H3. The summed E-state index contributed by atoms with van der Waals surface area (Å²) in [5.41, 5.74) is 0.968. The van der Waals surface area contributed by atoms with Gasteiger partial charge in [0.25, 0.3) is 0 Å². The van der Waals surface area contributed by atoms with Crippen LogP contribution in [0.15, 0.2) is 52.5 Å². The summed E-state index contributed by atoms with van der Waals surface area (Å²) in [5.74, 6) is 2.77. The number of hydrogen-bond donors (Lipinski definition) is 0. The Hall–Kier alpha value is -2.12. The van der Waals surface area contributed by atoms with Gasteiger partial charge < -0.3 is 9.32 Å². The van der Waals surface area contributed by atoms with Crippen LogP contribution in [0.4, 0.5) is 0 Å². The number of hydrogen-bond acceptors (Lipinski definition) is 6. The lowest BCUT2D eigenvalue weighted by Crippen LogP contribution is -2.36. The van der Waals surface area contributed by atoms with Crippen LogP contribution in [-0.2, 0) is 6.54 Å². The Morgan fingerprint density at radius 1 is 1.22 bits per heavy atom. The highest BCUT2D eigenvalue weighted by molar-refractivity contribution is 7.99. The molecule has 0 spiro atoms. The van der Waals surface area contributed by atoms with Gasteiger partial charge in [0.15, 0.2) is 11.0 Å². The number of aromatic nitrogens is 4. The fraction of sp³-hybridized carbons (Fsp3) is 0.450. The predicted molar refractivity (Wildman–Crippen MR) is 107 cm³/mol. The molecule has 3 aromatic rings. The maximum Gasteiger partial charge on any atom is 0.191 e. The molecule has 1 saturated heterocycles. The second kappa shape index (κ2) is 8.71. The van der Waals surface area contributed by atoms with Crippen LogP contribution in [0.1, 0.15) is 31.4 Å². The van der Waals surface area contributed by atoms with Crippen molar-refractivity contribution in [2.24, 2.45) is 0 Å². The van der Waals surface area contributed by atoms with Gasteiger partial charge >= 0.3 is 0 Å². The fourth-order valence-corrected chi connectivity index (χ4v) is 4.58. The first-order valence-corrected chi connectivity index (χ1v) is 10.5. The first-order chi connectivity index (χ1) is 13.3. The van der Waals surface area contributed by atoms with Crippen molar-refractivity contribution in [1.82, 2.24) is 24.6 Å². The second-order valence-electron chi connectivity index (χ2n) is 6.98. The number of piperidine rings is 1. The van der Waals surface area contributed by atoms with E-state index in [9.17, 15) is 0 Å². The third kappa shape index (κ3) is 4.42. The Morgan fingerprint density at radius 3 is 2.96 bits per heavy atom. The molecule has 1 aliphatic heterocycles. The minimum atomic E-state index is 0.621. The van der Waals surface area contributed by atoms with Crippen molar-refractivity contribution in [3.8, 4) is 11.4 Å². The van der Waals surface area contributed by atoms with Crippen LogP contribution in [0.2, 0.25) is 0 Å². The predicted octanol–water partition coefficient (Wildman–Crippen LogP) is 3.95. The van der Waals surface area contributed by atoms with Gasteiger partial charge in [0, 0.05) is 29.8 Å². The lowest BCUT2D eigenvalue weighted by atomic mass is 10.0. The van der Waals surface area contributed by atoms with Gasteiger partial charge in [-0.1, -0.05) is 18.2 Å². The molecule has 6 nitrogen and oxygen atoms in total. The fourth-order valence-electron chi connectivity index (χ4n) is 3.60. The Balaban J connectivity index is 1.50. The molecule has 0 bridgehead atoms. The average molecular weight is 384 g/mol. The molecule has 0 N–H and O–H groups in total. The van der Waals surface area contributed by atoms with Gasteiger partial charge in [0.2, 0.25) is 0 Å². The molecule has 0 amide bonds. The average Bonchev–Trinajstić information content (AvgIpc) is 3.35. The Bertz CT molecular complexity index is 833. The van der Waals surface area contributed by atoms with Gasteiger partial charge in [0.1, 0.15) is 5.76 Å². The van der Waals surface area contributed by atoms with Gasteiger partial charge in [-0.25, -0.2) is 0 Å². The van der Waals surface area contributed by atoms with E-state index in [2.05, 4.69) is 31.7 Å². The summed E-state index contributed by atoms with van der Waals surface area (Å²) >= 11 is 1.78. The molecular weight excluding hydrogens is 358 g/mol. The molecule has 0 aliphatic carbocycles. The monoisotopic (exact) mass is 383 g/mol. The number of rotatable bonds is 7. The first-order valence-electron chi connectivity index (χ1n) is 9.50.